The maximum absolute atomic E-state index is 12.7. The molecule has 1 heterocycles. The second-order valence-corrected chi connectivity index (χ2v) is 9.08. The zero-order valence-electron chi connectivity index (χ0n) is 16.3. The van der Waals surface area contributed by atoms with Gasteiger partial charge in [-0.3, -0.25) is 14.8 Å². The van der Waals surface area contributed by atoms with Gasteiger partial charge in [-0.15, -0.1) is 0 Å². The molecule has 1 aliphatic heterocycles. The predicted molar refractivity (Wildman–Crippen MR) is 109 cm³/mol. The summed E-state index contributed by atoms with van der Waals surface area (Å²) in [7, 11) is -3.66. The minimum absolute atomic E-state index is 0.152. The van der Waals surface area contributed by atoms with E-state index in [4.69, 9.17) is 4.74 Å². The Hall–Kier alpha value is -2.38. The SMILES string of the molecule is CC(=O)OC1CC(c2cccc(NS(=O)(=O)c3ccc(C(C)C)cc3)c2)CN1. The van der Waals surface area contributed by atoms with Gasteiger partial charge in [-0.25, -0.2) is 8.42 Å². The molecule has 2 aromatic rings. The molecule has 1 saturated heterocycles. The normalized spacial score (nSPS) is 19.6. The smallest absolute Gasteiger partial charge is 0.304 e. The molecule has 0 aromatic heterocycles. The van der Waals surface area contributed by atoms with Gasteiger partial charge in [0.05, 0.1) is 4.90 Å². The summed E-state index contributed by atoms with van der Waals surface area (Å²) in [5.41, 5.74) is 2.61. The molecule has 2 N–H and O–H groups in total. The summed E-state index contributed by atoms with van der Waals surface area (Å²) in [6.07, 6.45) is 0.356. The average Bonchev–Trinajstić information content (AvgIpc) is 3.09. The van der Waals surface area contributed by atoms with Crippen LogP contribution in [0.2, 0.25) is 0 Å². The van der Waals surface area contributed by atoms with Crippen LogP contribution in [0.5, 0.6) is 0 Å². The van der Waals surface area contributed by atoms with Gasteiger partial charge < -0.3 is 4.74 Å². The summed E-state index contributed by atoms with van der Waals surface area (Å²) >= 11 is 0. The number of benzene rings is 2. The summed E-state index contributed by atoms with van der Waals surface area (Å²) in [6.45, 7) is 6.19. The molecule has 0 spiro atoms. The molecule has 6 nitrogen and oxygen atoms in total. The first-order valence-electron chi connectivity index (χ1n) is 9.38. The Morgan fingerprint density at radius 1 is 1.18 bits per heavy atom. The Labute approximate surface area is 166 Å². The second-order valence-electron chi connectivity index (χ2n) is 7.39. The number of anilines is 1. The molecule has 0 saturated carbocycles. The molecule has 2 unspecified atom stereocenters. The summed E-state index contributed by atoms with van der Waals surface area (Å²) in [6, 6.07) is 14.3. The van der Waals surface area contributed by atoms with Crippen molar-refractivity contribution in [1.82, 2.24) is 5.32 Å². The fraction of sp³-hybridized carbons (Fsp3) is 0.381. The van der Waals surface area contributed by atoms with Crippen LogP contribution in [0.15, 0.2) is 53.4 Å². The minimum atomic E-state index is -3.66. The van der Waals surface area contributed by atoms with Crippen molar-refractivity contribution >= 4 is 21.7 Å². The van der Waals surface area contributed by atoms with Crippen LogP contribution in [-0.4, -0.2) is 27.2 Å². The topological polar surface area (TPSA) is 84.5 Å². The molecule has 0 amide bonds. The van der Waals surface area contributed by atoms with E-state index in [9.17, 15) is 13.2 Å². The fourth-order valence-corrected chi connectivity index (χ4v) is 4.39. The molecule has 0 radical (unpaired) electrons. The van der Waals surface area contributed by atoms with Gasteiger partial charge in [-0.2, -0.15) is 0 Å². The number of sulfonamides is 1. The van der Waals surface area contributed by atoms with E-state index in [1.807, 2.05) is 30.3 Å². The maximum Gasteiger partial charge on any atom is 0.304 e. The van der Waals surface area contributed by atoms with Crippen molar-refractivity contribution in [2.45, 2.75) is 50.2 Å². The number of esters is 1. The lowest BCUT2D eigenvalue weighted by Crippen LogP contribution is -2.26. The number of nitrogens with one attached hydrogen (secondary N) is 2. The number of carbonyl (C=O) groups excluding carboxylic acids is 1. The van der Waals surface area contributed by atoms with Gasteiger partial charge >= 0.3 is 5.97 Å². The van der Waals surface area contributed by atoms with Gasteiger partial charge in [-0.05, 0) is 41.3 Å². The van der Waals surface area contributed by atoms with Crippen molar-refractivity contribution in [3.63, 3.8) is 0 Å². The maximum atomic E-state index is 12.7. The van der Waals surface area contributed by atoms with E-state index in [-0.39, 0.29) is 23.0 Å². The van der Waals surface area contributed by atoms with Crippen molar-refractivity contribution in [1.29, 1.82) is 0 Å². The highest BCUT2D eigenvalue weighted by atomic mass is 32.2. The number of rotatable bonds is 6. The van der Waals surface area contributed by atoms with Crippen LogP contribution in [-0.2, 0) is 19.6 Å². The van der Waals surface area contributed by atoms with Crippen LogP contribution >= 0.6 is 0 Å². The number of carbonyl (C=O) groups is 1. The molecule has 7 heteroatoms. The first-order valence-corrected chi connectivity index (χ1v) is 10.9. The van der Waals surface area contributed by atoms with Crippen LogP contribution in [0.25, 0.3) is 0 Å². The largest absolute Gasteiger partial charge is 0.447 e. The summed E-state index contributed by atoms with van der Waals surface area (Å²) in [5, 5.41) is 3.16. The lowest BCUT2D eigenvalue weighted by Gasteiger charge is -2.14. The van der Waals surface area contributed by atoms with Crippen molar-refractivity contribution in [3.8, 4) is 0 Å². The highest BCUT2D eigenvalue weighted by Crippen LogP contribution is 2.29. The molecular weight excluding hydrogens is 376 g/mol. The third-order valence-corrected chi connectivity index (χ3v) is 6.26. The second kappa shape index (κ2) is 8.32. The number of hydrogen-bond acceptors (Lipinski definition) is 5. The Morgan fingerprint density at radius 3 is 2.54 bits per heavy atom. The van der Waals surface area contributed by atoms with Crippen LogP contribution in [0.4, 0.5) is 5.69 Å². The lowest BCUT2D eigenvalue weighted by atomic mass is 9.98. The zero-order chi connectivity index (χ0) is 20.3. The predicted octanol–water partition coefficient (Wildman–Crippen LogP) is 3.58. The zero-order valence-corrected chi connectivity index (χ0v) is 17.1. The van der Waals surface area contributed by atoms with Crippen molar-refractivity contribution in [3.05, 3.63) is 59.7 Å². The van der Waals surface area contributed by atoms with E-state index < -0.39 is 10.0 Å². The highest BCUT2D eigenvalue weighted by molar-refractivity contribution is 7.92. The summed E-state index contributed by atoms with van der Waals surface area (Å²) in [4.78, 5) is 11.3. The third-order valence-electron chi connectivity index (χ3n) is 4.87. The van der Waals surface area contributed by atoms with Crippen molar-refractivity contribution in [2.75, 3.05) is 11.3 Å². The quantitative estimate of drug-likeness (QED) is 0.722. The molecule has 2 atom stereocenters. The van der Waals surface area contributed by atoms with Crippen LogP contribution in [0.3, 0.4) is 0 Å². The highest BCUT2D eigenvalue weighted by Gasteiger charge is 2.27. The Balaban J connectivity index is 1.72. The van der Waals surface area contributed by atoms with Crippen LogP contribution < -0.4 is 10.0 Å². The van der Waals surface area contributed by atoms with E-state index in [1.165, 1.54) is 6.92 Å². The molecule has 3 rings (SSSR count). The van der Waals surface area contributed by atoms with Crippen LogP contribution in [0.1, 0.15) is 50.2 Å². The molecule has 0 bridgehead atoms. The average molecular weight is 403 g/mol. The summed E-state index contributed by atoms with van der Waals surface area (Å²) in [5.74, 6) is 0.180. The molecule has 1 fully saturated rings. The lowest BCUT2D eigenvalue weighted by molar-refractivity contribution is -0.147. The van der Waals surface area contributed by atoms with Gasteiger partial charge in [0.15, 0.2) is 6.23 Å². The van der Waals surface area contributed by atoms with E-state index >= 15 is 0 Å². The standard InChI is InChI=1S/C21H26N2O4S/c1-14(2)16-7-9-20(10-8-16)28(25,26)23-19-6-4-5-17(11-19)18-12-21(22-13-18)27-15(3)24/h4-11,14,18,21-23H,12-13H2,1-3H3. The fourth-order valence-electron chi connectivity index (χ4n) is 3.34. The molecular formula is C21H26N2O4S. The van der Waals surface area contributed by atoms with Gasteiger partial charge in [0.25, 0.3) is 10.0 Å². The van der Waals surface area contributed by atoms with Gasteiger partial charge in [0.1, 0.15) is 0 Å². The third kappa shape index (κ3) is 4.91. The first kappa shape index (κ1) is 20.4. The molecule has 1 aliphatic rings. The monoisotopic (exact) mass is 402 g/mol. The first-order chi connectivity index (χ1) is 13.2. The molecule has 150 valence electrons. The van der Waals surface area contributed by atoms with Crippen molar-refractivity contribution in [2.24, 2.45) is 0 Å². The van der Waals surface area contributed by atoms with Crippen molar-refractivity contribution < 1.29 is 17.9 Å². The molecule has 0 aliphatic carbocycles. The van der Waals surface area contributed by atoms with E-state index in [0.29, 0.717) is 24.6 Å². The van der Waals surface area contributed by atoms with Gasteiger partial charge in [-0.1, -0.05) is 38.1 Å². The molecule has 2 aromatic carbocycles. The van der Waals surface area contributed by atoms with Gasteiger partial charge in [0, 0.05) is 31.5 Å². The van der Waals surface area contributed by atoms with E-state index in [1.54, 1.807) is 18.2 Å². The Kier molecular flexibility index (Phi) is 6.05. The minimum Gasteiger partial charge on any atom is -0.447 e. The Morgan fingerprint density at radius 2 is 1.89 bits per heavy atom. The molecule has 28 heavy (non-hydrogen) atoms. The Bertz CT molecular complexity index is 939. The summed E-state index contributed by atoms with van der Waals surface area (Å²) < 4.78 is 33.3. The van der Waals surface area contributed by atoms with E-state index in [2.05, 4.69) is 23.9 Å². The van der Waals surface area contributed by atoms with Crippen LogP contribution in [0, 0.1) is 0 Å². The number of ether oxygens (including phenoxy) is 1. The number of hydrogen-bond donors (Lipinski definition) is 2. The van der Waals surface area contributed by atoms with Gasteiger partial charge in [0.2, 0.25) is 0 Å². The van der Waals surface area contributed by atoms with E-state index in [0.717, 1.165) is 11.1 Å².